The number of nitrogens with one attached hydrogen (secondary N) is 2. The topological polar surface area (TPSA) is 91.2 Å². The smallest absolute Gasteiger partial charge is 0.337 e. The molecule has 0 aromatic heterocycles. The Labute approximate surface area is 160 Å². The molecule has 0 unspecified atom stereocenters. The first-order valence-electron chi connectivity index (χ1n) is 7.26. The molecule has 2 aromatic carbocycles. The van der Waals surface area contributed by atoms with Crippen molar-refractivity contribution in [2.75, 3.05) is 17.7 Å². The standard InChI is InChI=1S/C18H13Cl2N3O3/c1-26-18(25)11-5-7-13(8-6-11)22-10-12(9-21)17(24)23-15-4-2-3-14(19)16(15)20/h2-8,10,22H,1H3,(H,23,24)/b12-10-. The van der Waals surface area contributed by atoms with E-state index in [1.807, 2.05) is 0 Å². The number of anilines is 2. The second-order valence-electron chi connectivity index (χ2n) is 4.94. The first-order chi connectivity index (χ1) is 12.5. The first kappa shape index (κ1) is 19.3. The summed E-state index contributed by atoms with van der Waals surface area (Å²) in [5, 5.41) is 15.0. The molecular formula is C18H13Cl2N3O3. The zero-order chi connectivity index (χ0) is 19.1. The zero-order valence-corrected chi connectivity index (χ0v) is 15.1. The van der Waals surface area contributed by atoms with E-state index in [1.165, 1.54) is 13.3 Å². The van der Waals surface area contributed by atoms with Gasteiger partial charge in [-0.15, -0.1) is 0 Å². The van der Waals surface area contributed by atoms with Gasteiger partial charge in [-0.05, 0) is 36.4 Å². The molecule has 0 atom stereocenters. The van der Waals surface area contributed by atoms with E-state index >= 15 is 0 Å². The maximum atomic E-state index is 12.2. The molecule has 132 valence electrons. The van der Waals surface area contributed by atoms with Gasteiger partial charge in [0, 0.05) is 11.9 Å². The number of halogens is 2. The number of benzene rings is 2. The molecular weight excluding hydrogens is 377 g/mol. The van der Waals surface area contributed by atoms with Gasteiger partial charge in [0.2, 0.25) is 0 Å². The van der Waals surface area contributed by atoms with Crippen molar-refractivity contribution in [3.8, 4) is 6.07 Å². The Morgan fingerprint density at radius 2 is 1.85 bits per heavy atom. The van der Waals surface area contributed by atoms with E-state index in [9.17, 15) is 14.9 Å². The van der Waals surface area contributed by atoms with Gasteiger partial charge < -0.3 is 15.4 Å². The number of nitriles is 1. The molecule has 0 spiro atoms. The Hall–Kier alpha value is -3.01. The molecule has 0 heterocycles. The van der Waals surface area contributed by atoms with E-state index in [1.54, 1.807) is 48.5 Å². The van der Waals surface area contributed by atoms with Crippen molar-refractivity contribution in [2.45, 2.75) is 0 Å². The molecule has 2 aromatic rings. The molecule has 0 saturated heterocycles. The maximum Gasteiger partial charge on any atom is 0.337 e. The quantitative estimate of drug-likeness (QED) is 0.453. The Morgan fingerprint density at radius 3 is 2.46 bits per heavy atom. The lowest BCUT2D eigenvalue weighted by Crippen LogP contribution is -2.15. The lowest BCUT2D eigenvalue weighted by molar-refractivity contribution is -0.112. The van der Waals surface area contributed by atoms with Gasteiger partial charge in [0.25, 0.3) is 5.91 Å². The molecule has 26 heavy (non-hydrogen) atoms. The van der Waals surface area contributed by atoms with Crippen molar-refractivity contribution in [1.82, 2.24) is 0 Å². The molecule has 0 bridgehead atoms. The van der Waals surface area contributed by atoms with E-state index in [-0.39, 0.29) is 15.6 Å². The molecule has 6 nitrogen and oxygen atoms in total. The summed E-state index contributed by atoms with van der Waals surface area (Å²) in [6, 6.07) is 12.9. The number of hydrogen-bond acceptors (Lipinski definition) is 5. The summed E-state index contributed by atoms with van der Waals surface area (Å²) in [5.74, 6) is -1.10. The number of hydrogen-bond donors (Lipinski definition) is 2. The number of esters is 1. The molecule has 0 radical (unpaired) electrons. The fourth-order valence-electron chi connectivity index (χ4n) is 1.91. The molecule has 0 aliphatic rings. The van der Waals surface area contributed by atoms with Crippen molar-refractivity contribution in [2.24, 2.45) is 0 Å². The van der Waals surface area contributed by atoms with Crippen LogP contribution in [0.25, 0.3) is 0 Å². The molecule has 0 fully saturated rings. The van der Waals surface area contributed by atoms with Gasteiger partial charge >= 0.3 is 5.97 Å². The van der Waals surface area contributed by atoms with Crippen LogP contribution in [0.1, 0.15) is 10.4 Å². The highest BCUT2D eigenvalue weighted by Crippen LogP contribution is 2.29. The fraction of sp³-hybridized carbons (Fsp3) is 0.0556. The fourth-order valence-corrected chi connectivity index (χ4v) is 2.26. The second kappa shape index (κ2) is 8.90. The zero-order valence-electron chi connectivity index (χ0n) is 13.5. The van der Waals surface area contributed by atoms with Crippen LogP contribution in [0.3, 0.4) is 0 Å². The van der Waals surface area contributed by atoms with Crippen molar-refractivity contribution in [3.63, 3.8) is 0 Å². The summed E-state index contributed by atoms with van der Waals surface area (Å²) < 4.78 is 4.61. The molecule has 0 aliphatic heterocycles. The van der Waals surface area contributed by atoms with Crippen LogP contribution in [-0.2, 0) is 9.53 Å². The van der Waals surface area contributed by atoms with E-state index < -0.39 is 11.9 Å². The van der Waals surface area contributed by atoms with Crippen LogP contribution in [0.4, 0.5) is 11.4 Å². The van der Waals surface area contributed by atoms with Crippen molar-refractivity contribution < 1.29 is 14.3 Å². The van der Waals surface area contributed by atoms with E-state index in [0.29, 0.717) is 16.9 Å². The van der Waals surface area contributed by atoms with Crippen molar-refractivity contribution in [3.05, 3.63) is 69.8 Å². The minimum atomic E-state index is -0.643. The van der Waals surface area contributed by atoms with Crippen LogP contribution in [0.2, 0.25) is 10.0 Å². The Kier molecular flexibility index (Phi) is 6.61. The molecule has 0 saturated carbocycles. The Bertz CT molecular complexity index is 903. The monoisotopic (exact) mass is 389 g/mol. The van der Waals surface area contributed by atoms with Crippen LogP contribution in [0, 0.1) is 11.3 Å². The third kappa shape index (κ3) is 4.76. The van der Waals surface area contributed by atoms with Crippen LogP contribution >= 0.6 is 23.2 Å². The van der Waals surface area contributed by atoms with E-state index in [2.05, 4.69) is 15.4 Å². The minimum absolute atomic E-state index is 0.168. The maximum absolute atomic E-state index is 12.2. The van der Waals surface area contributed by atoms with Crippen LogP contribution in [-0.4, -0.2) is 19.0 Å². The van der Waals surface area contributed by atoms with Gasteiger partial charge in [-0.25, -0.2) is 4.79 Å². The Morgan fingerprint density at radius 1 is 1.15 bits per heavy atom. The predicted octanol–water partition coefficient (Wildman–Crippen LogP) is 4.24. The van der Waals surface area contributed by atoms with Gasteiger partial charge in [0.05, 0.1) is 28.4 Å². The summed E-state index contributed by atoms with van der Waals surface area (Å²) in [6.45, 7) is 0. The SMILES string of the molecule is COC(=O)c1ccc(N/C=C(/C#N)C(=O)Nc2cccc(Cl)c2Cl)cc1. The highest BCUT2D eigenvalue weighted by Gasteiger charge is 2.12. The average molecular weight is 390 g/mol. The van der Waals surface area contributed by atoms with E-state index in [0.717, 1.165) is 0 Å². The van der Waals surface area contributed by atoms with Crippen molar-refractivity contribution >= 4 is 46.5 Å². The average Bonchev–Trinajstić information content (AvgIpc) is 2.65. The minimum Gasteiger partial charge on any atom is -0.465 e. The molecule has 2 rings (SSSR count). The summed E-state index contributed by atoms with van der Waals surface area (Å²) >= 11 is 11.9. The van der Waals surface area contributed by atoms with Gasteiger partial charge in [-0.2, -0.15) is 5.26 Å². The van der Waals surface area contributed by atoms with Crippen molar-refractivity contribution in [1.29, 1.82) is 5.26 Å². The first-order valence-corrected chi connectivity index (χ1v) is 8.02. The second-order valence-corrected chi connectivity index (χ2v) is 5.72. The van der Waals surface area contributed by atoms with E-state index in [4.69, 9.17) is 23.2 Å². The van der Waals surface area contributed by atoms with Crippen LogP contribution in [0.15, 0.2) is 54.2 Å². The lowest BCUT2D eigenvalue weighted by atomic mass is 10.2. The predicted molar refractivity (Wildman–Crippen MR) is 100 cm³/mol. The summed E-state index contributed by atoms with van der Waals surface area (Å²) in [7, 11) is 1.29. The Balaban J connectivity index is 2.10. The van der Waals surface area contributed by atoms with Crippen LogP contribution < -0.4 is 10.6 Å². The number of nitrogens with zero attached hydrogens (tertiary/aromatic N) is 1. The summed E-state index contributed by atoms with van der Waals surface area (Å²) in [5.41, 5.74) is 1.10. The van der Waals surface area contributed by atoms with Gasteiger partial charge in [-0.1, -0.05) is 29.3 Å². The number of methoxy groups -OCH3 is 1. The summed E-state index contributed by atoms with van der Waals surface area (Å²) in [6.07, 6.45) is 1.25. The van der Waals surface area contributed by atoms with Gasteiger partial charge in [-0.3, -0.25) is 4.79 Å². The molecule has 1 amide bonds. The largest absolute Gasteiger partial charge is 0.465 e. The molecule has 0 aliphatic carbocycles. The number of carbonyl (C=O) groups excluding carboxylic acids is 2. The third-order valence-corrected chi connectivity index (χ3v) is 4.07. The molecule has 8 heteroatoms. The number of amides is 1. The normalized spacial score (nSPS) is 10.6. The lowest BCUT2D eigenvalue weighted by Gasteiger charge is -2.08. The highest BCUT2D eigenvalue weighted by molar-refractivity contribution is 6.44. The third-order valence-electron chi connectivity index (χ3n) is 3.25. The van der Waals surface area contributed by atoms with Gasteiger partial charge in [0.15, 0.2) is 0 Å². The van der Waals surface area contributed by atoms with Gasteiger partial charge in [0.1, 0.15) is 11.6 Å². The molecule has 2 N–H and O–H groups in total. The summed E-state index contributed by atoms with van der Waals surface area (Å²) in [4.78, 5) is 23.6. The number of carbonyl (C=O) groups is 2. The highest BCUT2D eigenvalue weighted by atomic mass is 35.5. The number of rotatable bonds is 5. The van der Waals surface area contributed by atoms with Crippen LogP contribution in [0.5, 0.6) is 0 Å². The number of ether oxygens (including phenoxy) is 1.